The lowest BCUT2D eigenvalue weighted by atomic mass is 9.87. The predicted octanol–water partition coefficient (Wildman–Crippen LogP) is 2.87. The van der Waals surface area contributed by atoms with E-state index in [0.717, 1.165) is 31.2 Å². The molecule has 2 rings (SSSR count). The van der Waals surface area contributed by atoms with Gasteiger partial charge in [-0.2, -0.15) is 0 Å². The van der Waals surface area contributed by atoms with Crippen molar-refractivity contribution in [1.29, 1.82) is 0 Å². The molecule has 3 heteroatoms. The van der Waals surface area contributed by atoms with E-state index in [-0.39, 0.29) is 11.4 Å². The van der Waals surface area contributed by atoms with Crippen LogP contribution < -0.4 is 10.5 Å². The van der Waals surface area contributed by atoms with Crippen LogP contribution in [0.4, 0.5) is 4.39 Å². The first-order valence-electron chi connectivity index (χ1n) is 5.70. The van der Waals surface area contributed by atoms with Gasteiger partial charge in [0.15, 0.2) is 0 Å². The van der Waals surface area contributed by atoms with Crippen molar-refractivity contribution in [3.8, 4) is 5.75 Å². The Morgan fingerprint density at radius 3 is 2.50 bits per heavy atom. The SMILES string of the molecule is COc1cc(F)c(C)cc1C1(N)CCCC1. The number of aryl methyl sites for hydroxylation is 1. The van der Waals surface area contributed by atoms with Crippen LogP contribution in [0.15, 0.2) is 12.1 Å². The molecule has 1 aromatic carbocycles. The number of methoxy groups -OCH3 is 1. The van der Waals surface area contributed by atoms with E-state index in [1.807, 2.05) is 6.07 Å². The molecule has 0 heterocycles. The highest BCUT2D eigenvalue weighted by Crippen LogP contribution is 2.41. The minimum absolute atomic E-state index is 0.234. The van der Waals surface area contributed by atoms with Gasteiger partial charge in [-0.15, -0.1) is 0 Å². The highest BCUT2D eigenvalue weighted by Gasteiger charge is 2.34. The van der Waals surface area contributed by atoms with Crippen LogP contribution in [0, 0.1) is 12.7 Å². The number of nitrogens with two attached hydrogens (primary N) is 1. The van der Waals surface area contributed by atoms with Crippen LogP contribution in [0.1, 0.15) is 36.8 Å². The Balaban J connectivity index is 2.50. The second-order valence-electron chi connectivity index (χ2n) is 4.66. The number of ether oxygens (including phenoxy) is 1. The van der Waals surface area contributed by atoms with Crippen LogP contribution in [0.2, 0.25) is 0 Å². The van der Waals surface area contributed by atoms with Gasteiger partial charge in [0.05, 0.1) is 7.11 Å². The Kier molecular flexibility index (Phi) is 2.89. The molecule has 0 spiro atoms. The van der Waals surface area contributed by atoms with Crippen molar-refractivity contribution in [3.05, 3.63) is 29.1 Å². The van der Waals surface area contributed by atoms with Crippen molar-refractivity contribution in [2.24, 2.45) is 5.73 Å². The fourth-order valence-electron chi connectivity index (χ4n) is 2.50. The Bertz CT molecular complexity index is 397. The standard InChI is InChI=1S/C13H18FNO/c1-9-7-10(12(16-2)8-11(9)14)13(15)5-3-4-6-13/h7-8H,3-6,15H2,1-2H3. The maximum absolute atomic E-state index is 13.4. The quantitative estimate of drug-likeness (QED) is 0.836. The molecule has 1 aliphatic rings. The lowest BCUT2D eigenvalue weighted by Crippen LogP contribution is -2.33. The molecule has 2 N–H and O–H groups in total. The predicted molar refractivity (Wildman–Crippen MR) is 62.0 cm³/mol. The summed E-state index contributed by atoms with van der Waals surface area (Å²) in [7, 11) is 1.56. The van der Waals surface area contributed by atoms with Crippen molar-refractivity contribution < 1.29 is 9.13 Å². The van der Waals surface area contributed by atoms with Gasteiger partial charge >= 0.3 is 0 Å². The highest BCUT2D eigenvalue weighted by molar-refractivity contribution is 5.43. The molecule has 1 saturated carbocycles. The minimum atomic E-state index is -0.330. The van der Waals surface area contributed by atoms with Gasteiger partial charge < -0.3 is 10.5 Å². The largest absolute Gasteiger partial charge is 0.496 e. The molecule has 0 saturated heterocycles. The fourth-order valence-corrected chi connectivity index (χ4v) is 2.50. The molecule has 0 unspecified atom stereocenters. The maximum Gasteiger partial charge on any atom is 0.129 e. The summed E-state index contributed by atoms with van der Waals surface area (Å²) in [6.07, 6.45) is 4.18. The normalized spacial score (nSPS) is 18.8. The second kappa shape index (κ2) is 4.06. The van der Waals surface area contributed by atoms with Crippen LogP contribution >= 0.6 is 0 Å². The van der Waals surface area contributed by atoms with E-state index in [4.69, 9.17) is 10.5 Å². The molecular weight excluding hydrogens is 205 g/mol. The molecule has 0 amide bonds. The molecule has 0 radical (unpaired) electrons. The van der Waals surface area contributed by atoms with Crippen molar-refractivity contribution in [1.82, 2.24) is 0 Å². The van der Waals surface area contributed by atoms with E-state index in [1.54, 1.807) is 14.0 Å². The van der Waals surface area contributed by atoms with Gasteiger partial charge in [0, 0.05) is 17.2 Å². The number of benzene rings is 1. The van der Waals surface area contributed by atoms with E-state index < -0.39 is 0 Å². The highest BCUT2D eigenvalue weighted by atomic mass is 19.1. The first-order valence-corrected chi connectivity index (χ1v) is 5.70. The Morgan fingerprint density at radius 2 is 1.94 bits per heavy atom. The first-order chi connectivity index (χ1) is 7.57. The molecule has 2 nitrogen and oxygen atoms in total. The van der Waals surface area contributed by atoms with E-state index in [0.29, 0.717) is 11.3 Å². The molecule has 0 aliphatic heterocycles. The number of hydrogen-bond donors (Lipinski definition) is 1. The molecule has 88 valence electrons. The topological polar surface area (TPSA) is 35.2 Å². The van der Waals surface area contributed by atoms with Gasteiger partial charge in [-0.25, -0.2) is 4.39 Å². The van der Waals surface area contributed by atoms with Crippen molar-refractivity contribution in [3.63, 3.8) is 0 Å². The maximum atomic E-state index is 13.4. The summed E-state index contributed by atoms with van der Waals surface area (Å²) in [4.78, 5) is 0. The monoisotopic (exact) mass is 223 g/mol. The van der Waals surface area contributed by atoms with Crippen molar-refractivity contribution in [2.45, 2.75) is 38.1 Å². The average molecular weight is 223 g/mol. The summed E-state index contributed by atoms with van der Waals surface area (Å²) in [6, 6.07) is 3.27. The number of halogens is 1. The minimum Gasteiger partial charge on any atom is -0.496 e. The smallest absolute Gasteiger partial charge is 0.129 e. The van der Waals surface area contributed by atoms with Gasteiger partial charge in [0.25, 0.3) is 0 Å². The number of hydrogen-bond acceptors (Lipinski definition) is 2. The first kappa shape index (κ1) is 11.4. The third-order valence-corrected chi connectivity index (χ3v) is 3.51. The van der Waals surface area contributed by atoms with Crippen LogP contribution in [0.25, 0.3) is 0 Å². The van der Waals surface area contributed by atoms with Gasteiger partial charge in [0.1, 0.15) is 11.6 Å². The van der Waals surface area contributed by atoms with Gasteiger partial charge in [-0.05, 0) is 31.4 Å². The third-order valence-electron chi connectivity index (χ3n) is 3.51. The molecule has 0 bridgehead atoms. The molecule has 16 heavy (non-hydrogen) atoms. The summed E-state index contributed by atoms with van der Waals surface area (Å²) >= 11 is 0. The summed E-state index contributed by atoms with van der Waals surface area (Å²) in [5.74, 6) is 0.342. The zero-order valence-corrected chi connectivity index (χ0v) is 9.85. The van der Waals surface area contributed by atoms with Crippen LogP contribution in [0.5, 0.6) is 5.75 Å². The van der Waals surface area contributed by atoms with E-state index in [1.165, 1.54) is 6.07 Å². The second-order valence-corrected chi connectivity index (χ2v) is 4.66. The van der Waals surface area contributed by atoms with Gasteiger partial charge in [-0.3, -0.25) is 0 Å². The Morgan fingerprint density at radius 1 is 1.31 bits per heavy atom. The van der Waals surface area contributed by atoms with Gasteiger partial charge in [-0.1, -0.05) is 12.8 Å². The van der Waals surface area contributed by atoms with E-state index >= 15 is 0 Å². The summed E-state index contributed by atoms with van der Waals surface area (Å²) in [5, 5.41) is 0. The Labute approximate surface area is 95.6 Å². The van der Waals surface area contributed by atoms with E-state index in [9.17, 15) is 4.39 Å². The summed E-state index contributed by atoms with van der Waals surface area (Å²) < 4.78 is 18.7. The summed E-state index contributed by atoms with van der Waals surface area (Å²) in [6.45, 7) is 1.76. The number of rotatable bonds is 2. The zero-order valence-electron chi connectivity index (χ0n) is 9.85. The lowest BCUT2D eigenvalue weighted by molar-refractivity contribution is 0.376. The van der Waals surface area contributed by atoms with E-state index in [2.05, 4.69) is 0 Å². The van der Waals surface area contributed by atoms with Crippen molar-refractivity contribution in [2.75, 3.05) is 7.11 Å². The van der Waals surface area contributed by atoms with Gasteiger partial charge in [0.2, 0.25) is 0 Å². The summed E-state index contributed by atoms with van der Waals surface area (Å²) in [5.41, 5.74) is 7.63. The molecule has 1 fully saturated rings. The average Bonchev–Trinajstić information content (AvgIpc) is 2.69. The Hall–Kier alpha value is -1.09. The molecular formula is C13H18FNO. The molecule has 0 aromatic heterocycles. The van der Waals surface area contributed by atoms with Crippen LogP contribution in [0.3, 0.4) is 0 Å². The fraction of sp³-hybridized carbons (Fsp3) is 0.538. The zero-order chi connectivity index (χ0) is 11.8. The molecule has 0 atom stereocenters. The van der Waals surface area contributed by atoms with Crippen LogP contribution in [-0.2, 0) is 5.54 Å². The van der Waals surface area contributed by atoms with Crippen molar-refractivity contribution >= 4 is 0 Å². The lowest BCUT2D eigenvalue weighted by Gasteiger charge is -2.26. The third kappa shape index (κ3) is 1.80. The molecule has 1 aromatic rings. The molecule has 1 aliphatic carbocycles. The van der Waals surface area contributed by atoms with Crippen LogP contribution in [-0.4, -0.2) is 7.11 Å².